The van der Waals surface area contributed by atoms with Crippen molar-refractivity contribution in [1.29, 1.82) is 0 Å². The zero-order valence-corrected chi connectivity index (χ0v) is 11.2. The van der Waals surface area contributed by atoms with Crippen molar-refractivity contribution in [3.05, 3.63) is 65.7 Å². The lowest BCUT2D eigenvalue weighted by Gasteiger charge is -2.04. The number of hydrogen-bond acceptors (Lipinski definition) is 3. The fourth-order valence-electron chi connectivity index (χ4n) is 1.63. The molecule has 0 saturated heterocycles. The molecule has 4 nitrogen and oxygen atoms in total. The van der Waals surface area contributed by atoms with Crippen LogP contribution in [0.1, 0.15) is 11.1 Å². The number of ether oxygens (including phenoxy) is 1. The van der Waals surface area contributed by atoms with E-state index in [4.69, 9.17) is 4.74 Å². The maximum atomic E-state index is 11.5. The highest BCUT2D eigenvalue weighted by Crippen LogP contribution is 2.07. The van der Waals surface area contributed by atoms with Gasteiger partial charge in [-0.05, 0) is 24.6 Å². The first-order valence-electron chi connectivity index (χ1n) is 6.30. The fraction of sp³-hybridized carbons (Fsp3) is 0.125. The number of nitrogens with one attached hydrogen (secondary N) is 1. The van der Waals surface area contributed by atoms with Crippen LogP contribution in [0.3, 0.4) is 0 Å². The summed E-state index contributed by atoms with van der Waals surface area (Å²) in [7, 11) is 0. The summed E-state index contributed by atoms with van der Waals surface area (Å²) >= 11 is 0. The van der Waals surface area contributed by atoms with Crippen LogP contribution in [0.2, 0.25) is 0 Å². The van der Waals surface area contributed by atoms with Gasteiger partial charge in [-0.2, -0.15) is 5.10 Å². The number of benzene rings is 2. The van der Waals surface area contributed by atoms with E-state index in [1.165, 1.54) is 0 Å². The Morgan fingerprint density at radius 1 is 1.20 bits per heavy atom. The monoisotopic (exact) mass is 268 g/mol. The van der Waals surface area contributed by atoms with Crippen LogP contribution in [0.4, 0.5) is 0 Å². The number of hydrogen-bond donors (Lipinski definition) is 1. The number of carbonyl (C=O) groups is 1. The van der Waals surface area contributed by atoms with Crippen molar-refractivity contribution < 1.29 is 9.53 Å². The molecule has 2 aromatic carbocycles. The van der Waals surface area contributed by atoms with E-state index in [-0.39, 0.29) is 12.5 Å². The Bertz CT molecular complexity index is 594. The molecule has 2 aromatic rings. The molecule has 1 N–H and O–H groups in total. The van der Waals surface area contributed by atoms with Gasteiger partial charge in [-0.3, -0.25) is 4.79 Å². The van der Waals surface area contributed by atoms with Crippen LogP contribution in [0, 0.1) is 6.92 Å². The van der Waals surface area contributed by atoms with E-state index in [0.29, 0.717) is 5.75 Å². The molecule has 0 aromatic heterocycles. The van der Waals surface area contributed by atoms with Crippen molar-refractivity contribution in [2.45, 2.75) is 6.92 Å². The molecular formula is C16H16N2O2. The minimum atomic E-state index is -0.294. The minimum Gasteiger partial charge on any atom is -0.484 e. The lowest BCUT2D eigenvalue weighted by Crippen LogP contribution is -2.24. The van der Waals surface area contributed by atoms with Gasteiger partial charge in [0.1, 0.15) is 5.75 Å². The largest absolute Gasteiger partial charge is 0.484 e. The fourth-order valence-corrected chi connectivity index (χ4v) is 1.63. The van der Waals surface area contributed by atoms with E-state index in [1.807, 2.05) is 49.4 Å². The molecule has 4 heteroatoms. The van der Waals surface area contributed by atoms with Gasteiger partial charge in [0, 0.05) is 0 Å². The second-order valence-corrected chi connectivity index (χ2v) is 4.31. The van der Waals surface area contributed by atoms with Crippen LogP contribution in [0.25, 0.3) is 0 Å². The molecule has 102 valence electrons. The highest BCUT2D eigenvalue weighted by Gasteiger charge is 2.00. The molecule has 0 spiro atoms. The number of amides is 1. The predicted molar refractivity (Wildman–Crippen MR) is 78.9 cm³/mol. The lowest BCUT2D eigenvalue weighted by molar-refractivity contribution is -0.123. The van der Waals surface area contributed by atoms with Gasteiger partial charge in [-0.15, -0.1) is 0 Å². The number of nitrogens with zero attached hydrogens (tertiary/aromatic N) is 1. The summed E-state index contributed by atoms with van der Waals surface area (Å²) < 4.78 is 5.30. The van der Waals surface area contributed by atoms with Crippen molar-refractivity contribution in [3.8, 4) is 5.75 Å². The topological polar surface area (TPSA) is 50.7 Å². The third-order valence-corrected chi connectivity index (χ3v) is 2.56. The average molecular weight is 268 g/mol. The Balaban J connectivity index is 1.78. The van der Waals surface area contributed by atoms with Crippen LogP contribution in [0.5, 0.6) is 5.75 Å². The van der Waals surface area contributed by atoms with Crippen LogP contribution < -0.4 is 10.2 Å². The molecule has 2 rings (SSSR count). The second-order valence-electron chi connectivity index (χ2n) is 4.31. The Hall–Kier alpha value is -2.62. The summed E-state index contributed by atoms with van der Waals surface area (Å²) in [5, 5.41) is 3.89. The smallest absolute Gasteiger partial charge is 0.277 e. The molecular weight excluding hydrogens is 252 g/mol. The third kappa shape index (κ3) is 4.57. The number of aryl methyl sites for hydroxylation is 1. The zero-order chi connectivity index (χ0) is 14.2. The van der Waals surface area contributed by atoms with Crippen molar-refractivity contribution in [1.82, 2.24) is 5.43 Å². The molecule has 0 heterocycles. The van der Waals surface area contributed by atoms with Gasteiger partial charge in [0.2, 0.25) is 0 Å². The zero-order valence-electron chi connectivity index (χ0n) is 11.2. The SMILES string of the molecule is Cc1cccc(/C=N/NC(=O)COc2ccccc2)c1. The summed E-state index contributed by atoms with van der Waals surface area (Å²) in [6.45, 7) is 1.94. The molecule has 1 amide bonds. The molecule has 0 bridgehead atoms. The third-order valence-electron chi connectivity index (χ3n) is 2.56. The van der Waals surface area contributed by atoms with Gasteiger partial charge >= 0.3 is 0 Å². The highest BCUT2D eigenvalue weighted by molar-refractivity contribution is 5.83. The van der Waals surface area contributed by atoms with E-state index < -0.39 is 0 Å². The van der Waals surface area contributed by atoms with E-state index in [2.05, 4.69) is 10.5 Å². The molecule has 20 heavy (non-hydrogen) atoms. The first-order chi connectivity index (χ1) is 9.74. The first-order valence-corrected chi connectivity index (χ1v) is 6.30. The van der Waals surface area contributed by atoms with Crippen LogP contribution in [-0.2, 0) is 4.79 Å². The molecule has 0 aliphatic heterocycles. The normalized spacial score (nSPS) is 10.4. The van der Waals surface area contributed by atoms with Gasteiger partial charge < -0.3 is 4.74 Å². The maximum absolute atomic E-state index is 11.5. The first kappa shape index (κ1) is 13.8. The van der Waals surface area contributed by atoms with Crippen LogP contribution >= 0.6 is 0 Å². The molecule has 0 unspecified atom stereocenters. The van der Waals surface area contributed by atoms with Gasteiger partial charge in [-0.25, -0.2) is 5.43 Å². The van der Waals surface area contributed by atoms with Gasteiger partial charge in [-0.1, -0.05) is 48.0 Å². The van der Waals surface area contributed by atoms with E-state index >= 15 is 0 Å². The molecule has 0 saturated carbocycles. The summed E-state index contributed by atoms with van der Waals surface area (Å²) in [5.41, 5.74) is 4.51. The molecule has 0 aliphatic rings. The second kappa shape index (κ2) is 7.09. The van der Waals surface area contributed by atoms with Gasteiger partial charge in [0.15, 0.2) is 6.61 Å². The average Bonchev–Trinajstić information content (AvgIpc) is 2.46. The summed E-state index contributed by atoms with van der Waals surface area (Å²) in [6.07, 6.45) is 1.60. The van der Waals surface area contributed by atoms with Crippen LogP contribution in [-0.4, -0.2) is 18.7 Å². The molecule has 0 aliphatic carbocycles. The van der Waals surface area contributed by atoms with Crippen molar-refractivity contribution in [2.75, 3.05) is 6.61 Å². The molecule has 0 radical (unpaired) electrons. The van der Waals surface area contributed by atoms with Crippen molar-refractivity contribution in [3.63, 3.8) is 0 Å². The Labute approximate surface area is 118 Å². The summed E-state index contributed by atoms with van der Waals surface area (Å²) in [4.78, 5) is 11.5. The van der Waals surface area contributed by atoms with Gasteiger partial charge in [0.05, 0.1) is 6.21 Å². The number of hydrazone groups is 1. The summed E-state index contributed by atoms with van der Waals surface area (Å²) in [6, 6.07) is 17.0. The van der Waals surface area contributed by atoms with Gasteiger partial charge in [0.25, 0.3) is 5.91 Å². The highest BCUT2D eigenvalue weighted by atomic mass is 16.5. The quantitative estimate of drug-likeness (QED) is 0.669. The Kier molecular flexibility index (Phi) is 4.89. The lowest BCUT2D eigenvalue weighted by atomic mass is 10.2. The number of rotatable bonds is 5. The maximum Gasteiger partial charge on any atom is 0.277 e. The standard InChI is InChI=1S/C16H16N2O2/c1-13-6-5-7-14(10-13)11-17-18-16(19)12-20-15-8-3-2-4-9-15/h2-11H,12H2,1H3,(H,18,19)/b17-11+. The molecule has 0 fully saturated rings. The van der Waals surface area contributed by atoms with Crippen LogP contribution in [0.15, 0.2) is 59.7 Å². The van der Waals surface area contributed by atoms with Crippen molar-refractivity contribution in [2.24, 2.45) is 5.10 Å². The Morgan fingerprint density at radius 2 is 2.00 bits per heavy atom. The predicted octanol–water partition coefficient (Wildman–Crippen LogP) is 2.52. The number of carbonyl (C=O) groups excluding carboxylic acids is 1. The van der Waals surface area contributed by atoms with E-state index in [0.717, 1.165) is 11.1 Å². The Morgan fingerprint density at radius 3 is 2.75 bits per heavy atom. The minimum absolute atomic E-state index is 0.0603. The van der Waals surface area contributed by atoms with Crippen molar-refractivity contribution >= 4 is 12.1 Å². The summed E-state index contributed by atoms with van der Waals surface area (Å²) in [5.74, 6) is 0.364. The number of para-hydroxylation sites is 1. The van der Waals surface area contributed by atoms with E-state index in [9.17, 15) is 4.79 Å². The van der Waals surface area contributed by atoms with E-state index in [1.54, 1.807) is 18.3 Å². The molecule has 0 atom stereocenters.